The Balaban J connectivity index is 2.69. The van der Waals surface area contributed by atoms with Gasteiger partial charge in [-0.05, 0) is 31.0 Å². The summed E-state index contributed by atoms with van der Waals surface area (Å²) in [7, 11) is 0. The number of benzene rings is 1. The van der Waals surface area contributed by atoms with Gasteiger partial charge in [-0.2, -0.15) is 0 Å². The van der Waals surface area contributed by atoms with Crippen molar-refractivity contribution in [1.82, 2.24) is 9.55 Å². The van der Waals surface area contributed by atoms with Crippen LogP contribution in [0, 0.1) is 13.8 Å². The van der Waals surface area contributed by atoms with Gasteiger partial charge in [0.1, 0.15) is 0 Å². The first kappa shape index (κ1) is 10.6. The summed E-state index contributed by atoms with van der Waals surface area (Å²) in [4.78, 5) is 14.8. The first-order chi connectivity index (χ1) is 7.50. The molecule has 84 valence electrons. The highest BCUT2D eigenvalue weighted by Gasteiger charge is 2.18. The molecular formula is C11H12N2O3. The number of aromatic nitrogens is 2. The quantitative estimate of drug-likeness (QED) is 0.798. The van der Waals surface area contributed by atoms with Crippen LogP contribution in [0.3, 0.4) is 0 Å². The third-order valence-corrected chi connectivity index (χ3v) is 2.50. The van der Waals surface area contributed by atoms with Gasteiger partial charge >= 0.3 is 5.97 Å². The zero-order valence-electron chi connectivity index (χ0n) is 9.01. The van der Waals surface area contributed by atoms with E-state index in [-0.39, 0.29) is 0 Å². The molecule has 0 fully saturated rings. The summed E-state index contributed by atoms with van der Waals surface area (Å²) < 4.78 is 1.25. The average Bonchev–Trinajstić information content (AvgIpc) is 2.60. The summed E-state index contributed by atoms with van der Waals surface area (Å²) in [6.45, 7) is 3.82. The number of carbonyl (C=O) groups is 1. The Morgan fingerprint density at radius 2 is 2.12 bits per heavy atom. The van der Waals surface area contributed by atoms with Crippen LogP contribution in [-0.4, -0.2) is 25.7 Å². The van der Waals surface area contributed by atoms with Gasteiger partial charge in [0, 0.05) is 0 Å². The second-order valence-electron chi connectivity index (χ2n) is 3.81. The van der Waals surface area contributed by atoms with E-state index in [9.17, 15) is 9.90 Å². The Kier molecular flexibility index (Phi) is 2.40. The van der Waals surface area contributed by atoms with Gasteiger partial charge in [-0.15, -0.1) is 0 Å². The van der Waals surface area contributed by atoms with E-state index in [1.807, 2.05) is 26.0 Å². The van der Waals surface area contributed by atoms with E-state index in [1.54, 1.807) is 0 Å². The van der Waals surface area contributed by atoms with E-state index in [4.69, 9.17) is 5.11 Å². The van der Waals surface area contributed by atoms with Crippen molar-refractivity contribution in [2.75, 3.05) is 0 Å². The third kappa shape index (κ3) is 1.55. The monoisotopic (exact) mass is 220 g/mol. The molecule has 5 heteroatoms. The van der Waals surface area contributed by atoms with E-state index >= 15 is 0 Å². The Bertz CT molecular complexity index is 560. The largest absolute Gasteiger partial charge is 0.478 e. The van der Waals surface area contributed by atoms with Crippen LogP contribution in [0.5, 0.6) is 0 Å². The molecule has 0 saturated heterocycles. The molecule has 0 spiro atoms. The number of hydrogen-bond acceptors (Lipinski definition) is 3. The molecule has 2 rings (SSSR count). The van der Waals surface area contributed by atoms with Gasteiger partial charge in [0.25, 0.3) is 0 Å². The molecule has 2 N–H and O–H groups in total. The molecule has 1 aromatic heterocycles. The van der Waals surface area contributed by atoms with Gasteiger partial charge in [-0.1, -0.05) is 6.07 Å². The molecule has 5 nitrogen and oxygen atoms in total. The number of aliphatic hydroxyl groups is 1. The summed E-state index contributed by atoms with van der Waals surface area (Å²) in [6.07, 6.45) is -0.248. The van der Waals surface area contributed by atoms with Gasteiger partial charge < -0.3 is 10.2 Å². The van der Waals surface area contributed by atoms with E-state index in [0.717, 1.165) is 11.1 Å². The number of hydrogen-bond donors (Lipinski definition) is 2. The number of aryl methyl sites for hydroxylation is 2. The fourth-order valence-corrected chi connectivity index (χ4v) is 1.80. The smallest absolute Gasteiger partial charge is 0.354 e. The van der Waals surface area contributed by atoms with Gasteiger partial charge in [-0.3, -0.25) is 4.57 Å². The lowest BCUT2D eigenvalue weighted by Crippen LogP contribution is -2.17. The summed E-state index contributed by atoms with van der Waals surface area (Å²) in [5.74, 6) is -1.29. The number of imidazole rings is 1. The van der Waals surface area contributed by atoms with Crippen LogP contribution in [-0.2, 0) is 4.79 Å². The van der Waals surface area contributed by atoms with E-state index < -0.39 is 12.2 Å². The highest BCUT2D eigenvalue weighted by atomic mass is 16.4. The number of carboxylic acid groups (broad SMARTS) is 1. The van der Waals surface area contributed by atoms with Crippen molar-refractivity contribution in [1.29, 1.82) is 0 Å². The van der Waals surface area contributed by atoms with Gasteiger partial charge in [0.15, 0.2) is 0 Å². The lowest BCUT2D eigenvalue weighted by molar-refractivity contribution is -0.151. The SMILES string of the molecule is Cc1cc(C)c2ncn(C(O)C(=O)O)c2c1. The molecule has 0 aliphatic rings. The molecule has 1 heterocycles. The van der Waals surface area contributed by atoms with Crippen molar-refractivity contribution >= 4 is 17.0 Å². The molecule has 0 saturated carbocycles. The summed E-state index contributed by atoms with van der Waals surface area (Å²) in [5.41, 5.74) is 3.31. The predicted molar refractivity (Wildman–Crippen MR) is 58.1 cm³/mol. The predicted octanol–water partition coefficient (Wildman–Crippen LogP) is 1.23. The normalized spacial score (nSPS) is 12.9. The molecule has 0 aliphatic heterocycles. The maximum absolute atomic E-state index is 10.7. The Morgan fingerprint density at radius 1 is 1.44 bits per heavy atom. The van der Waals surface area contributed by atoms with Crippen molar-refractivity contribution in [2.24, 2.45) is 0 Å². The molecule has 0 amide bonds. The van der Waals surface area contributed by atoms with Crippen molar-refractivity contribution in [2.45, 2.75) is 20.1 Å². The van der Waals surface area contributed by atoms with E-state index in [2.05, 4.69) is 4.98 Å². The average molecular weight is 220 g/mol. The number of aliphatic hydroxyl groups excluding tert-OH is 1. The molecule has 2 aromatic rings. The zero-order valence-corrected chi connectivity index (χ0v) is 9.01. The second kappa shape index (κ2) is 3.61. The van der Waals surface area contributed by atoms with Crippen LogP contribution >= 0.6 is 0 Å². The molecule has 0 bridgehead atoms. The standard InChI is InChI=1S/C11H12N2O3/c1-6-3-7(2)9-8(4-6)13(5-12-9)10(14)11(15)16/h3-5,10,14H,1-2H3,(H,15,16). The van der Waals surface area contributed by atoms with Crippen molar-refractivity contribution in [3.63, 3.8) is 0 Å². The fraction of sp³-hybridized carbons (Fsp3) is 0.273. The van der Waals surface area contributed by atoms with Gasteiger partial charge in [0.2, 0.25) is 6.23 Å². The maximum Gasteiger partial charge on any atom is 0.354 e. The van der Waals surface area contributed by atoms with Crippen molar-refractivity contribution in [3.8, 4) is 0 Å². The maximum atomic E-state index is 10.7. The number of nitrogens with zero attached hydrogens (tertiary/aromatic N) is 2. The zero-order chi connectivity index (χ0) is 11.9. The Labute approximate surface area is 92.0 Å². The minimum Gasteiger partial charge on any atom is -0.478 e. The summed E-state index contributed by atoms with van der Waals surface area (Å²) >= 11 is 0. The Morgan fingerprint density at radius 3 is 2.75 bits per heavy atom. The first-order valence-electron chi connectivity index (χ1n) is 4.85. The minimum atomic E-state index is -1.59. The molecule has 1 aromatic carbocycles. The number of rotatable bonds is 2. The minimum absolute atomic E-state index is 0.632. The number of aliphatic carboxylic acids is 1. The van der Waals surface area contributed by atoms with Crippen LogP contribution in [0.15, 0.2) is 18.5 Å². The van der Waals surface area contributed by atoms with Crippen molar-refractivity contribution < 1.29 is 15.0 Å². The lowest BCUT2D eigenvalue weighted by Gasteiger charge is -2.08. The molecule has 16 heavy (non-hydrogen) atoms. The van der Waals surface area contributed by atoms with Crippen LogP contribution in [0.2, 0.25) is 0 Å². The number of fused-ring (bicyclic) bond motifs is 1. The lowest BCUT2D eigenvalue weighted by atomic mass is 10.1. The topological polar surface area (TPSA) is 75.3 Å². The molecule has 1 atom stereocenters. The van der Waals surface area contributed by atoms with Crippen molar-refractivity contribution in [3.05, 3.63) is 29.6 Å². The van der Waals surface area contributed by atoms with Gasteiger partial charge in [-0.25, -0.2) is 9.78 Å². The van der Waals surface area contributed by atoms with Crippen LogP contribution < -0.4 is 0 Å². The third-order valence-electron chi connectivity index (χ3n) is 2.50. The molecular weight excluding hydrogens is 208 g/mol. The Hall–Kier alpha value is -1.88. The van der Waals surface area contributed by atoms with E-state index in [1.165, 1.54) is 10.9 Å². The molecule has 1 unspecified atom stereocenters. The van der Waals surface area contributed by atoms with Gasteiger partial charge in [0.05, 0.1) is 17.4 Å². The fourth-order valence-electron chi connectivity index (χ4n) is 1.80. The second-order valence-corrected chi connectivity index (χ2v) is 3.81. The summed E-state index contributed by atoms with van der Waals surface area (Å²) in [6, 6.07) is 3.77. The highest BCUT2D eigenvalue weighted by Crippen LogP contribution is 2.21. The van der Waals surface area contributed by atoms with Crippen LogP contribution in [0.1, 0.15) is 17.4 Å². The molecule has 0 aliphatic carbocycles. The number of carboxylic acids is 1. The first-order valence-corrected chi connectivity index (χ1v) is 4.85. The van der Waals surface area contributed by atoms with Crippen LogP contribution in [0.25, 0.3) is 11.0 Å². The van der Waals surface area contributed by atoms with Crippen LogP contribution in [0.4, 0.5) is 0 Å². The highest BCUT2D eigenvalue weighted by molar-refractivity contribution is 5.82. The molecule has 0 radical (unpaired) electrons. The van der Waals surface area contributed by atoms with E-state index in [0.29, 0.717) is 11.0 Å². The summed E-state index contributed by atoms with van der Waals surface area (Å²) in [5, 5.41) is 18.2.